The Morgan fingerprint density at radius 1 is 1.15 bits per heavy atom. The number of amides is 2. The Balaban J connectivity index is 2.03. The number of benzene rings is 2. The number of thiocarbonyl (C=S) groups is 1. The summed E-state index contributed by atoms with van der Waals surface area (Å²) in [4.78, 5) is 26.8. The molecule has 0 aromatic heterocycles. The zero-order chi connectivity index (χ0) is 19.7. The van der Waals surface area contributed by atoms with Crippen LogP contribution in [0, 0.1) is 13.8 Å². The van der Waals surface area contributed by atoms with E-state index in [-0.39, 0.29) is 10.7 Å². The van der Waals surface area contributed by atoms with Crippen LogP contribution in [0.5, 0.6) is 5.75 Å². The molecule has 0 unspecified atom stereocenters. The highest BCUT2D eigenvalue weighted by Crippen LogP contribution is 2.28. The van der Waals surface area contributed by atoms with Gasteiger partial charge in [-0.3, -0.25) is 19.8 Å². The van der Waals surface area contributed by atoms with E-state index in [9.17, 15) is 9.59 Å². The average Bonchev–Trinajstić information content (AvgIpc) is 2.60. The van der Waals surface area contributed by atoms with Gasteiger partial charge in [-0.05, 0) is 61.5 Å². The Kier molecular flexibility index (Phi) is 5.30. The Morgan fingerprint density at radius 3 is 2.52 bits per heavy atom. The third-order valence-electron chi connectivity index (χ3n) is 4.18. The quantitative estimate of drug-likeness (QED) is 0.483. The average molecular weight is 401 g/mol. The standard InChI is InChI=1S/C20H17ClN2O3S/c1-11-4-6-16(12(2)8-11)23-19(25)14(18(24)22-20(23)27)9-13-5-7-17(26-3)15(21)10-13/h4-10H,1-3H3,(H,22,24,27)/b14-9+. The summed E-state index contributed by atoms with van der Waals surface area (Å²) in [6.45, 7) is 3.86. The molecule has 0 aliphatic carbocycles. The zero-order valence-corrected chi connectivity index (χ0v) is 16.6. The van der Waals surface area contributed by atoms with Crippen molar-refractivity contribution in [3.8, 4) is 5.75 Å². The first kappa shape index (κ1) is 19.1. The van der Waals surface area contributed by atoms with Crippen LogP contribution in [0.3, 0.4) is 0 Å². The number of carbonyl (C=O) groups is 2. The lowest BCUT2D eigenvalue weighted by atomic mass is 10.0. The summed E-state index contributed by atoms with van der Waals surface area (Å²) in [5.74, 6) is -0.517. The molecular weight excluding hydrogens is 384 g/mol. The smallest absolute Gasteiger partial charge is 0.270 e. The van der Waals surface area contributed by atoms with Crippen molar-refractivity contribution in [2.45, 2.75) is 13.8 Å². The fourth-order valence-electron chi connectivity index (χ4n) is 2.87. The normalized spacial score (nSPS) is 15.9. The van der Waals surface area contributed by atoms with Crippen LogP contribution in [0.15, 0.2) is 42.0 Å². The molecule has 2 aromatic carbocycles. The van der Waals surface area contributed by atoms with Gasteiger partial charge in [-0.25, -0.2) is 0 Å². The van der Waals surface area contributed by atoms with E-state index in [4.69, 9.17) is 28.6 Å². The van der Waals surface area contributed by atoms with Gasteiger partial charge in [0.2, 0.25) is 0 Å². The number of carbonyl (C=O) groups excluding carboxylic acids is 2. The van der Waals surface area contributed by atoms with Gasteiger partial charge in [0.25, 0.3) is 11.8 Å². The summed E-state index contributed by atoms with van der Waals surface area (Å²) < 4.78 is 5.12. The molecule has 1 aliphatic rings. The van der Waals surface area contributed by atoms with Gasteiger partial charge in [0, 0.05) is 0 Å². The second-order valence-electron chi connectivity index (χ2n) is 6.14. The Bertz CT molecular complexity index is 1000. The SMILES string of the molecule is COc1ccc(/C=C2\C(=O)NC(=S)N(c3ccc(C)cc3C)C2=O)cc1Cl. The number of anilines is 1. The molecular formula is C20H17ClN2O3S. The van der Waals surface area contributed by atoms with Gasteiger partial charge in [-0.15, -0.1) is 0 Å². The third-order valence-corrected chi connectivity index (χ3v) is 4.76. The summed E-state index contributed by atoms with van der Waals surface area (Å²) in [6, 6.07) is 10.7. The van der Waals surface area contributed by atoms with Gasteiger partial charge in [-0.1, -0.05) is 35.4 Å². The van der Waals surface area contributed by atoms with Crippen LogP contribution in [0.1, 0.15) is 16.7 Å². The molecule has 1 aliphatic heterocycles. The molecule has 1 fully saturated rings. The van der Waals surface area contributed by atoms with Crippen LogP contribution in [0.2, 0.25) is 5.02 Å². The van der Waals surface area contributed by atoms with Crippen LogP contribution >= 0.6 is 23.8 Å². The number of aryl methyl sites for hydroxylation is 2. The van der Waals surface area contributed by atoms with Crippen molar-refractivity contribution in [3.63, 3.8) is 0 Å². The molecule has 0 spiro atoms. The van der Waals surface area contributed by atoms with E-state index >= 15 is 0 Å². The van der Waals surface area contributed by atoms with Gasteiger partial charge in [-0.2, -0.15) is 0 Å². The van der Waals surface area contributed by atoms with E-state index in [1.165, 1.54) is 18.1 Å². The van der Waals surface area contributed by atoms with E-state index in [0.29, 0.717) is 22.0 Å². The number of methoxy groups -OCH3 is 1. The molecule has 27 heavy (non-hydrogen) atoms. The fraction of sp³-hybridized carbons (Fsp3) is 0.150. The molecule has 0 saturated carbocycles. The molecule has 0 bridgehead atoms. The van der Waals surface area contributed by atoms with Crippen molar-refractivity contribution < 1.29 is 14.3 Å². The highest BCUT2D eigenvalue weighted by molar-refractivity contribution is 7.80. The largest absolute Gasteiger partial charge is 0.495 e. The van der Waals surface area contributed by atoms with Crippen LogP contribution in [0.4, 0.5) is 5.69 Å². The predicted octanol–water partition coefficient (Wildman–Crippen LogP) is 3.80. The topological polar surface area (TPSA) is 58.6 Å². The van der Waals surface area contributed by atoms with E-state index in [2.05, 4.69) is 5.32 Å². The monoisotopic (exact) mass is 400 g/mol. The number of rotatable bonds is 3. The Hall–Kier alpha value is -2.70. The van der Waals surface area contributed by atoms with Crippen molar-refractivity contribution in [1.29, 1.82) is 0 Å². The highest BCUT2D eigenvalue weighted by Gasteiger charge is 2.35. The summed E-state index contributed by atoms with van der Waals surface area (Å²) in [6.07, 6.45) is 1.49. The molecule has 1 N–H and O–H groups in total. The molecule has 5 nitrogen and oxygen atoms in total. The maximum absolute atomic E-state index is 13.0. The lowest BCUT2D eigenvalue weighted by molar-refractivity contribution is -0.122. The summed E-state index contributed by atoms with van der Waals surface area (Å²) in [5, 5.41) is 3.02. The van der Waals surface area contributed by atoms with Gasteiger partial charge in [0.05, 0.1) is 17.8 Å². The van der Waals surface area contributed by atoms with Gasteiger partial charge in [0.1, 0.15) is 11.3 Å². The van der Waals surface area contributed by atoms with Crippen LogP contribution < -0.4 is 15.0 Å². The number of nitrogens with zero attached hydrogens (tertiary/aromatic N) is 1. The van der Waals surface area contributed by atoms with Crippen molar-refractivity contribution in [3.05, 3.63) is 63.7 Å². The van der Waals surface area contributed by atoms with Crippen LogP contribution in [-0.2, 0) is 9.59 Å². The van der Waals surface area contributed by atoms with E-state index in [1.807, 2.05) is 32.0 Å². The maximum Gasteiger partial charge on any atom is 0.270 e. The minimum atomic E-state index is -0.544. The number of nitrogens with one attached hydrogen (secondary N) is 1. The number of hydrogen-bond acceptors (Lipinski definition) is 4. The predicted molar refractivity (Wildman–Crippen MR) is 110 cm³/mol. The molecule has 0 radical (unpaired) electrons. The minimum absolute atomic E-state index is 0.0233. The van der Waals surface area contributed by atoms with Gasteiger partial charge >= 0.3 is 0 Å². The molecule has 2 amide bonds. The third kappa shape index (κ3) is 3.72. The molecule has 7 heteroatoms. The van der Waals surface area contributed by atoms with Crippen molar-refractivity contribution in [1.82, 2.24) is 5.32 Å². The number of ether oxygens (including phenoxy) is 1. The molecule has 1 saturated heterocycles. The maximum atomic E-state index is 13.0. The van der Waals surface area contributed by atoms with Crippen LogP contribution in [0.25, 0.3) is 6.08 Å². The Labute approximate surface area is 167 Å². The first-order valence-electron chi connectivity index (χ1n) is 8.14. The molecule has 138 valence electrons. The lowest BCUT2D eigenvalue weighted by Crippen LogP contribution is -2.54. The summed E-state index contributed by atoms with van der Waals surface area (Å²) >= 11 is 11.4. The molecule has 2 aromatic rings. The van der Waals surface area contributed by atoms with Crippen molar-refractivity contribution >= 4 is 52.5 Å². The van der Waals surface area contributed by atoms with Crippen molar-refractivity contribution in [2.24, 2.45) is 0 Å². The van der Waals surface area contributed by atoms with Crippen LogP contribution in [-0.4, -0.2) is 24.0 Å². The Morgan fingerprint density at radius 2 is 1.89 bits per heavy atom. The second kappa shape index (κ2) is 7.50. The number of halogens is 1. The summed E-state index contributed by atoms with van der Waals surface area (Å²) in [5.41, 5.74) is 3.17. The van der Waals surface area contributed by atoms with Gasteiger partial charge < -0.3 is 4.74 Å². The molecule has 1 heterocycles. The lowest BCUT2D eigenvalue weighted by Gasteiger charge is -2.30. The summed E-state index contributed by atoms with van der Waals surface area (Å²) in [7, 11) is 1.51. The molecule has 0 atom stereocenters. The first-order chi connectivity index (χ1) is 12.8. The minimum Gasteiger partial charge on any atom is -0.495 e. The van der Waals surface area contributed by atoms with E-state index < -0.39 is 11.8 Å². The first-order valence-corrected chi connectivity index (χ1v) is 8.92. The van der Waals surface area contributed by atoms with Gasteiger partial charge in [0.15, 0.2) is 5.11 Å². The number of hydrogen-bond donors (Lipinski definition) is 1. The van der Waals surface area contributed by atoms with Crippen molar-refractivity contribution in [2.75, 3.05) is 12.0 Å². The van der Waals surface area contributed by atoms with E-state index in [0.717, 1.165) is 11.1 Å². The fourth-order valence-corrected chi connectivity index (χ4v) is 3.41. The zero-order valence-electron chi connectivity index (χ0n) is 15.0. The second-order valence-corrected chi connectivity index (χ2v) is 6.94. The van der Waals surface area contributed by atoms with E-state index in [1.54, 1.807) is 18.2 Å². The molecule has 3 rings (SSSR count). The highest BCUT2D eigenvalue weighted by atomic mass is 35.5.